The first-order valence-corrected chi connectivity index (χ1v) is 47.6. The van der Waals surface area contributed by atoms with E-state index in [9.17, 15) is 43.2 Å². The number of phosphoric ester groups is 2. The second kappa shape index (κ2) is 78.7. The fourth-order valence-electron chi connectivity index (χ4n) is 13.5. The lowest BCUT2D eigenvalue weighted by molar-refractivity contribution is -0.161. The third-order valence-corrected chi connectivity index (χ3v) is 22.2. The second-order valence-corrected chi connectivity index (χ2v) is 34.3. The van der Waals surface area contributed by atoms with Gasteiger partial charge >= 0.3 is 39.5 Å². The molecule has 19 heteroatoms. The number of phosphoric acid groups is 2. The van der Waals surface area contributed by atoms with Gasteiger partial charge in [-0.25, -0.2) is 9.13 Å². The Balaban J connectivity index is 5.20. The minimum atomic E-state index is -4.96. The van der Waals surface area contributed by atoms with Gasteiger partial charge in [-0.3, -0.25) is 37.3 Å². The number of unbranched alkanes of at least 4 members (excludes halogenated alkanes) is 58. The molecule has 0 aromatic heterocycles. The van der Waals surface area contributed by atoms with Crippen LogP contribution in [-0.2, 0) is 65.4 Å². The van der Waals surface area contributed by atoms with Crippen LogP contribution in [0.25, 0.3) is 0 Å². The molecule has 105 heavy (non-hydrogen) atoms. The van der Waals surface area contributed by atoms with Crippen LogP contribution in [0.2, 0.25) is 0 Å². The summed E-state index contributed by atoms with van der Waals surface area (Å²) in [5.74, 6) is -1.28. The lowest BCUT2D eigenvalue weighted by atomic mass is 10.0. The van der Waals surface area contributed by atoms with Gasteiger partial charge in [-0.15, -0.1) is 0 Å². The first-order valence-electron chi connectivity index (χ1n) is 44.6. The Labute approximate surface area is 645 Å². The van der Waals surface area contributed by atoms with E-state index in [4.69, 9.17) is 37.0 Å². The summed E-state index contributed by atoms with van der Waals surface area (Å²) in [6, 6.07) is 0. The van der Waals surface area contributed by atoms with Crippen molar-refractivity contribution in [3.63, 3.8) is 0 Å². The Kier molecular flexibility index (Phi) is 77.3. The Morgan fingerprint density at radius 1 is 0.257 bits per heavy atom. The van der Waals surface area contributed by atoms with Crippen molar-refractivity contribution < 1.29 is 80.2 Å². The highest BCUT2D eigenvalue weighted by Gasteiger charge is 2.30. The number of rotatable bonds is 86. The summed E-state index contributed by atoms with van der Waals surface area (Å²) in [4.78, 5) is 73.2. The standard InChI is InChI=1S/C86H168O17P2/c1-6-9-12-15-18-21-23-25-27-29-30-34-38-41-45-50-55-60-65-70-84(89)97-76-82(103-86(91)72-67-62-57-52-47-43-39-35-32-31-33-36-40-44-49-53-58-63-68-79(4)5)78-101-105(94,95)99-74-80(87)73-98-104(92,93)100-77-81(75-96-83(88)69-64-59-54-48-20-17-14-11-8-3)102-85(90)71-66-61-56-51-46-42-37-28-26-24-22-19-16-13-10-7-2/h79-82,87H,6-78H2,1-5H3,(H,92,93)(H,94,95)/t80-,81+,82+/m0/s1. The summed E-state index contributed by atoms with van der Waals surface area (Å²) in [6.07, 6.45) is 72.3. The smallest absolute Gasteiger partial charge is 0.462 e. The van der Waals surface area contributed by atoms with Crippen LogP contribution in [0.4, 0.5) is 0 Å². The molecule has 0 aromatic carbocycles. The number of aliphatic hydroxyl groups is 1. The van der Waals surface area contributed by atoms with Crippen molar-refractivity contribution in [1.29, 1.82) is 0 Å². The lowest BCUT2D eigenvalue weighted by Crippen LogP contribution is -2.30. The molecule has 3 N–H and O–H groups in total. The monoisotopic (exact) mass is 1540 g/mol. The van der Waals surface area contributed by atoms with E-state index in [-0.39, 0.29) is 25.7 Å². The first kappa shape index (κ1) is 103. The maximum Gasteiger partial charge on any atom is 0.472 e. The molecule has 0 amide bonds. The van der Waals surface area contributed by atoms with Crippen molar-refractivity contribution in [2.24, 2.45) is 5.92 Å². The quantitative estimate of drug-likeness (QED) is 0.0222. The van der Waals surface area contributed by atoms with E-state index in [0.717, 1.165) is 95.8 Å². The third-order valence-electron chi connectivity index (χ3n) is 20.3. The molecule has 0 bridgehead atoms. The van der Waals surface area contributed by atoms with Crippen LogP contribution in [0.5, 0.6) is 0 Å². The van der Waals surface area contributed by atoms with Crippen LogP contribution in [0, 0.1) is 5.92 Å². The van der Waals surface area contributed by atoms with Crippen molar-refractivity contribution in [1.82, 2.24) is 0 Å². The number of ether oxygens (including phenoxy) is 4. The molecule has 624 valence electrons. The molecule has 0 fully saturated rings. The molecule has 0 aromatic rings. The molecule has 0 saturated heterocycles. The van der Waals surface area contributed by atoms with Gasteiger partial charge in [0.25, 0.3) is 0 Å². The van der Waals surface area contributed by atoms with Gasteiger partial charge in [0, 0.05) is 25.7 Å². The molecule has 0 spiro atoms. The Bertz CT molecular complexity index is 2000. The summed E-state index contributed by atoms with van der Waals surface area (Å²) >= 11 is 0. The fourth-order valence-corrected chi connectivity index (χ4v) is 15.1. The summed E-state index contributed by atoms with van der Waals surface area (Å²) in [7, 11) is -9.92. The van der Waals surface area contributed by atoms with Gasteiger partial charge in [-0.2, -0.15) is 0 Å². The molecule has 0 heterocycles. The van der Waals surface area contributed by atoms with Gasteiger partial charge in [0.2, 0.25) is 0 Å². The molecular formula is C86H168O17P2. The molecule has 0 radical (unpaired) electrons. The minimum Gasteiger partial charge on any atom is -0.462 e. The molecule has 0 rings (SSSR count). The van der Waals surface area contributed by atoms with Gasteiger partial charge in [-0.05, 0) is 31.6 Å². The summed E-state index contributed by atoms with van der Waals surface area (Å²) < 4.78 is 68.9. The number of esters is 4. The molecule has 17 nitrogen and oxygen atoms in total. The maximum atomic E-state index is 13.1. The van der Waals surface area contributed by atoms with Gasteiger partial charge in [0.05, 0.1) is 26.4 Å². The van der Waals surface area contributed by atoms with Gasteiger partial charge in [0.1, 0.15) is 19.3 Å². The molecule has 0 aliphatic rings. The summed E-state index contributed by atoms with van der Waals surface area (Å²) in [5.41, 5.74) is 0. The number of hydrogen-bond acceptors (Lipinski definition) is 15. The van der Waals surface area contributed by atoms with Crippen LogP contribution in [0.3, 0.4) is 0 Å². The Morgan fingerprint density at radius 3 is 0.648 bits per heavy atom. The number of hydrogen-bond donors (Lipinski definition) is 3. The Hall–Kier alpha value is -1.94. The zero-order valence-electron chi connectivity index (χ0n) is 68.9. The van der Waals surface area contributed by atoms with Crippen molar-refractivity contribution in [2.45, 2.75) is 483 Å². The topological polar surface area (TPSA) is 237 Å². The average molecular weight is 1540 g/mol. The van der Waals surface area contributed by atoms with Crippen LogP contribution in [0.1, 0.15) is 465 Å². The van der Waals surface area contributed by atoms with E-state index in [1.54, 1.807) is 0 Å². The molecule has 5 atom stereocenters. The third kappa shape index (κ3) is 79.9. The normalized spacial score (nSPS) is 13.8. The highest BCUT2D eigenvalue weighted by atomic mass is 31.2. The van der Waals surface area contributed by atoms with E-state index in [0.29, 0.717) is 25.7 Å². The van der Waals surface area contributed by atoms with Crippen LogP contribution in [-0.4, -0.2) is 96.7 Å². The highest BCUT2D eigenvalue weighted by Crippen LogP contribution is 2.45. The van der Waals surface area contributed by atoms with Gasteiger partial charge < -0.3 is 33.8 Å². The van der Waals surface area contributed by atoms with Crippen molar-refractivity contribution >= 4 is 39.5 Å². The van der Waals surface area contributed by atoms with E-state index < -0.39 is 97.5 Å². The molecule has 2 unspecified atom stereocenters. The van der Waals surface area contributed by atoms with Crippen LogP contribution < -0.4 is 0 Å². The molecular weight excluding hydrogens is 1370 g/mol. The molecule has 0 aliphatic carbocycles. The van der Waals surface area contributed by atoms with Crippen LogP contribution >= 0.6 is 15.6 Å². The van der Waals surface area contributed by atoms with Gasteiger partial charge in [0.15, 0.2) is 12.2 Å². The first-order chi connectivity index (χ1) is 51.0. The predicted molar refractivity (Wildman–Crippen MR) is 432 cm³/mol. The zero-order chi connectivity index (χ0) is 76.9. The van der Waals surface area contributed by atoms with E-state index >= 15 is 0 Å². The van der Waals surface area contributed by atoms with Gasteiger partial charge in [-0.1, -0.05) is 413 Å². The maximum absolute atomic E-state index is 13.1. The van der Waals surface area contributed by atoms with Crippen molar-refractivity contribution in [3.05, 3.63) is 0 Å². The number of aliphatic hydroxyl groups excluding tert-OH is 1. The molecule has 0 aliphatic heterocycles. The lowest BCUT2D eigenvalue weighted by Gasteiger charge is -2.21. The molecule has 0 saturated carbocycles. The highest BCUT2D eigenvalue weighted by molar-refractivity contribution is 7.47. The van der Waals surface area contributed by atoms with Crippen molar-refractivity contribution in [2.75, 3.05) is 39.6 Å². The summed E-state index contributed by atoms with van der Waals surface area (Å²) in [5, 5.41) is 10.7. The Morgan fingerprint density at radius 2 is 0.438 bits per heavy atom. The van der Waals surface area contributed by atoms with E-state index in [2.05, 4.69) is 34.6 Å². The number of carbonyl (C=O) groups is 4. The largest absolute Gasteiger partial charge is 0.472 e. The van der Waals surface area contributed by atoms with E-state index in [1.807, 2.05) is 0 Å². The van der Waals surface area contributed by atoms with Crippen molar-refractivity contribution in [3.8, 4) is 0 Å². The SMILES string of the molecule is CCCCCCCCCCCCCCCCCCCCCC(=O)OC[C@H](COP(=O)(O)OC[C@@H](O)COP(=O)(O)OC[C@@H](COC(=O)CCCCCCCCCCC)OC(=O)CCCCCCCCCCCCCCCCCC)OC(=O)CCCCCCCCCCCCCCCCCCCCC(C)C. The average Bonchev–Trinajstić information content (AvgIpc) is 0.906. The fraction of sp³-hybridized carbons (Fsp3) is 0.953. The zero-order valence-corrected chi connectivity index (χ0v) is 70.7. The second-order valence-electron chi connectivity index (χ2n) is 31.4. The van der Waals surface area contributed by atoms with Crippen LogP contribution in [0.15, 0.2) is 0 Å². The summed E-state index contributed by atoms with van der Waals surface area (Å²) in [6.45, 7) is 7.39. The number of carbonyl (C=O) groups excluding carboxylic acids is 4. The van der Waals surface area contributed by atoms with E-state index in [1.165, 1.54) is 289 Å². The minimum absolute atomic E-state index is 0.109. The predicted octanol–water partition coefficient (Wildman–Crippen LogP) is 26.4.